The number of halogens is 2. The highest BCUT2D eigenvalue weighted by atomic mass is 35.5. The van der Waals surface area contributed by atoms with Crippen molar-refractivity contribution in [3.05, 3.63) is 45.7 Å². The van der Waals surface area contributed by atoms with Gasteiger partial charge in [-0.1, -0.05) is 37.6 Å². The van der Waals surface area contributed by atoms with E-state index in [1.807, 2.05) is 13.8 Å². The van der Waals surface area contributed by atoms with Crippen molar-refractivity contribution in [2.24, 2.45) is 11.3 Å². The minimum Gasteiger partial charge on any atom is -0.387 e. The molecular formula is C17H21ClFN3OS. The van der Waals surface area contributed by atoms with Gasteiger partial charge in [-0.05, 0) is 54.4 Å². The first-order valence-electron chi connectivity index (χ1n) is 8.00. The number of rotatable bonds is 4. The van der Waals surface area contributed by atoms with Crippen molar-refractivity contribution in [2.45, 2.75) is 45.3 Å². The largest absolute Gasteiger partial charge is 0.387 e. The summed E-state index contributed by atoms with van der Waals surface area (Å²) in [6.45, 7) is 4.40. The van der Waals surface area contributed by atoms with E-state index in [9.17, 15) is 9.50 Å². The molecule has 1 saturated carbocycles. The van der Waals surface area contributed by atoms with Crippen LogP contribution in [0.25, 0.3) is 0 Å². The van der Waals surface area contributed by atoms with E-state index in [2.05, 4.69) is 10.1 Å². The molecule has 2 aromatic rings. The number of nitrogens with one attached hydrogen (secondary N) is 1. The van der Waals surface area contributed by atoms with Crippen LogP contribution in [0.4, 0.5) is 4.39 Å². The number of nitrogens with zero attached hydrogens (tertiary/aromatic N) is 2. The van der Waals surface area contributed by atoms with Gasteiger partial charge in [0.25, 0.3) is 0 Å². The zero-order valence-electron chi connectivity index (χ0n) is 13.7. The number of aromatic amines is 1. The molecule has 0 saturated heterocycles. The summed E-state index contributed by atoms with van der Waals surface area (Å²) in [5, 5.41) is 14.6. The minimum atomic E-state index is -1.02. The zero-order chi connectivity index (χ0) is 17.5. The summed E-state index contributed by atoms with van der Waals surface area (Å²) in [6.07, 6.45) is 3.63. The molecule has 0 unspecified atom stereocenters. The van der Waals surface area contributed by atoms with Crippen molar-refractivity contribution < 1.29 is 9.50 Å². The average molecular weight is 370 g/mol. The van der Waals surface area contributed by atoms with Gasteiger partial charge in [-0.25, -0.2) is 9.37 Å². The second kappa shape index (κ2) is 6.24. The third-order valence-electron chi connectivity index (χ3n) is 5.48. The molecule has 0 amide bonds. The number of aliphatic hydroxyl groups is 1. The van der Waals surface area contributed by atoms with Crippen LogP contribution in [-0.4, -0.2) is 25.5 Å². The van der Waals surface area contributed by atoms with Crippen LogP contribution < -0.4 is 0 Å². The fourth-order valence-corrected chi connectivity index (χ4v) is 4.13. The van der Waals surface area contributed by atoms with Gasteiger partial charge in [0.15, 0.2) is 0 Å². The molecule has 0 spiro atoms. The minimum absolute atomic E-state index is 0.0920. The lowest BCUT2D eigenvalue weighted by atomic mass is 9.72. The monoisotopic (exact) mass is 369 g/mol. The number of H-pyrrole nitrogens is 1. The molecule has 130 valence electrons. The summed E-state index contributed by atoms with van der Waals surface area (Å²) in [4.78, 5) is 4.01. The van der Waals surface area contributed by atoms with E-state index in [4.69, 9.17) is 23.8 Å². The van der Waals surface area contributed by atoms with Crippen molar-refractivity contribution in [1.29, 1.82) is 0 Å². The molecule has 1 aliphatic carbocycles. The molecule has 24 heavy (non-hydrogen) atoms. The predicted octanol–water partition coefficient (Wildman–Crippen LogP) is 4.14. The quantitative estimate of drug-likeness (QED) is 0.796. The Labute approximate surface area is 150 Å². The molecule has 1 fully saturated rings. The highest BCUT2D eigenvalue weighted by molar-refractivity contribution is 7.71. The van der Waals surface area contributed by atoms with E-state index in [0.29, 0.717) is 23.3 Å². The van der Waals surface area contributed by atoms with Crippen molar-refractivity contribution in [1.82, 2.24) is 14.8 Å². The van der Waals surface area contributed by atoms with E-state index in [1.54, 1.807) is 16.8 Å². The van der Waals surface area contributed by atoms with Crippen LogP contribution in [0.3, 0.4) is 0 Å². The third kappa shape index (κ3) is 2.91. The number of hydrogen-bond donors (Lipinski definition) is 2. The van der Waals surface area contributed by atoms with Crippen LogP contribution >= 0.6 is 23.8 Å². The second-order valence-electron chi connectivity index (χ2n) is 7.22. The van der Waals surface area contributed by atoms with Gasteiger partial charge in [-0.15, -0.1) is 0 Å². The summed E-state index contributed by atoms with van der Waals surface area (Å²) < 4.78 is 16.4. The maximum absolute atomic E-state index is 14.3. The summed E-state index contributed by atoms with van der Waals surface area (Å²) in [7, 11) is 0. The lowest BCUT2D eigenvalue weighted by molar-refractivity contribution is -0.0910. The van der Waals surface area contributed by atoms with Crippen molar-refractivity contribution in [2.75, 3.05) is 0 Å². The molecular weight excluding hydrogens is 349 g/mol. The maximum atomic E-state index is 14.3. The van der Waals surface area contributed by atoms with E-state index >= 15 is 0 Å². The maximum Gasteiger partial charge on any atom is 0.215 e. The fraction of sp³-hybridized carbons (Fsp3) is 0.529. The normalized spacial score (nSPS) is 26.0. The first kappa shape index (κ1) is 17.6. The van der Waals surface area contributed by atoms with E-state index in [0.717, 1.165) is 12.8 Å². The summed E-state index contributed by atoms with van der Waals surface area (Å²) in [5.74, 6) is -0.491. The van der Waals surface area contributed by atoms with Gasteiger partial charge in [0, 0.05) is 0 Å². The van der Waals surface area contributed by atoms with Crippen LogP contribution in [0, 0.1) is 21.9 Å². The number of hydrogen-bond acceptors (Lipinski definition) is 3. The lowest BCUT2D eigenvalue weighted by Crippen LogP contribution is -2.49. The smallest absolute Gasteiger partial charge is 0.215 e. The average Bonchev–Trinajstić information content (AvgIpc) is 3.00. The Balaban J connectivity index is 1.93. The van der Waals surface area contributed by atoms with Crippen LogP contribution in [0.1, 0.15) is 32.3 Å². The lowest BCUT2D eigenvalue weighted by Gasteiger charge is -2.41. The molecule has 7 heteroatoms. The summed E-state index contributed by atoms with van der Waals surface area (Å²) in [6, 6.07) is 5.01. The zero-order valence-corrected chi connectivity index (χ0v) is 15.3. The van der Waals surface area contributed by atoms with Gasteiger partial charge < -0.3 is 5.11 Å². The van der Waals surface area contributed by atoms with Crippen LogP contribution in [0.2, 0.25) is 5.02 Å². The van der Waals surface area contributed by atoms with E-state index in [1.165, 1.54) is 12.4 Å². The Bertz CT molecular complexity index is 803. The van der Waals surface area contributed by atoms with E-state index < -0.39 is 11.4 Å². The third-order valence-corrected chi connectivity index (χ3v) is 6.10. The molecule has 1 aromatic heterocycles. The molecule has 1 heterocycles. The van der Waals surface area contributed by atoms with Crippen molar-refractivity contribution >= 4 is 23.8 Å². The van der Waals surface area contributed by atoms with Gasteiger partial charge >= 0.3 is 0 Å². The topological polar surface area (TPSA) is 53.8 Å². The van der Waals surface area contributed by atoms with Gasteiger partial charge in [0.05, 0.1) is 17.2 Å². The van der Waals surface area contributed by atoms with Crippen LogP contribution in [0.15, 0.2) is 24.5 Å². The predicted molar refractivity (Wildman–Crippen MR) is 94.0 cm³/mol. The molecule has 2 atom stereocenters. The molecule has 3 rings (SSSR count). The van der Waals surface area contributed by atoms with Crippen LogP contribution in [-0.2, 0) is 13.0 Å². The van der Waals surface area contributed by atoms with Gasteiger partial charge in [-0.2, -0.15) is 0 Å². The number of benzene rings is 1. The Morgan fingerprint density at radius 1 is 1.50 bits per heavy atom. The molecule has 0 radical (unpaired) electrons. The highest BCUT2D eigenvalue weighted by Gasteiger charge is 2.54. The van der Waals surface area contributed by atoms with Gasteiger partial charge in [0.1, 0.15) is 12.1 Å². The highest BCUT2D eigenvalue weighted by Crippen LogP contribution is 2.51. The molecule has 1 aromatic carbocycles. The summed E-state index contributed by atoms with van der Waals surface area (Å²) >= 11 is 11.1. The Morgan fingerprint density at radius 3 is 2.92 bits per heavy atom. The van der Waals surface area contributed by atoms with Gasteiger partial charge in [0.2, 0.25) is 4.77 Å². The molecule has 2 N–H and O–H groups in total. The molecule has 0 bridgehead atoms. The first-order chi connectivity index (χ1) is 11.2. The van der Waals surface area contributed by atoms with E-state index in [-0.39, 0.29) is 16.4 Å². The fourth-order valence-electron chi connectivity index (χ4n) is 3.76. The van der Waals surface area contributed by atoms with Gasteiger partial charge in [-0.3, -0.25) is 9.78 Å². The second-order valence-corrected chi connectivity index (χ2v) is 7.99. The van der Waals surface area contributed by atoms with Crippen LogP contribution in [0.5, 0.6) is 0 Å². The first-order valence-corrected chi connectivity index (χ1v) is 8.79. The summed E-state index contributed by atoms with van der Waals surface area (Å²) in [5.41, 5.74) is -0.795. The molecule has 4 nitrogen and oxygen atoms in total. The number of aromatic nitrogens is 3. The SMILES string of the molecule is CC1(C)CC[C@@H](Cc2cccc(Cl)c2F)[C@]1(O)Cn1[nH]cnc1=S. The van der Waals surface area contributed by atoms with Crippen molar-refractivity contribution in [3.63, 3.8) is 0 Å². The Kier molecular flexibility index (Phi) is 4.57. The standard InChI is InChI=1S/C17H21ClFN3OS/c1-16(2)7-6-12(8-11-4-3-5-13(18)14(11)19)17(16,23)9-22-15(24)20-10-21-22/h3-5,10,12,23H,6-9H2,1-2H3,(H,20,21,24)/t12-,17+/m0/s1. The Morgan fingerprint density at radius 2 is 2.25 bits per heavy atom. The molecule has 0 aliphatic heterocycles. The molecule has 1 aliphatic rings. The Hall–Kier alpha value is -1.24. The van der Waals surface area contributed by atoms with Crippen molar-refractivity contribution in [3.8, 4) is 0 Å².